The van der Waals surface area contributed by atoms with E-state index in [-0.39, 0.29) is 32.0 Å². The topological polar surface area (TPSA) is 54.0 Å². The first-order chi connectivity index (χ1) is 16.5. The van der Waals surface area contributed by atoms with Crippen LogP contribution in [0.25, 0.3) is 0 Å². The summed E-state index contributed by atoms with van der Waals surface area (Å²) in [6, 6.07) is 0. The number of hydrogen-bond acceptors (Lipinski definition) is 5. The van der Waals surface area contributed by atoms with Gasteiger partial charge in [0.25, 0.3) is 0 Å². The lowest BCUT2D eigenvalue weighted by Gasteiger charge is -2.39. The summed E-state index contributed by atoms with van der Waals surface area (Å²) in [6.07, 6.45) is -12.2. The van der Waals surface area contributed by atoms with E-state index < -0.39 is 67.5 Å². The van der Waals surface area contributed by atoms with Crippen molar-refractivity contribution in [3.8, 4) is 0 Å². The van der Waals surface area contributed by atoms with Gasteiger partial charge in [-0.3, -0.25) is 0 Å². The van der Waals surface area contributed by atoms with Gasteiger partial charge in [-0.1, -0.05) is 6.58 Å². The quantitative estimate of drug-likeness (QED) is 0.0695. The van der Waals surface area contributed by atoms with Gasteiger partial charge in [0, 0.05) is 18.6 Å². The molecule has 0 aliphatic carbocycles. The van der Waals surface area contributed by atoms with Crippen molar-refractivity contribution in [1.29, 1.82) is 0 Å². The summed E-state index contributed by atoms with van der Waals surface area (Å²) in [5.74, 6) is -37.6. The second kappa shape index (κ2) is 12.8. The van der Waals surface area contributed by atoms with E-state index in [1.54, 1.807) is 0 Å². The number of carbonyl (C=O) groups is 1. The SMILES string of the molecule is C=C(C)C(=O)OCCOCCOC(C)OCCCC(F)(F)C(F)(F)C(F)(F)C(F)(F)C(F)(F)C(F)(F)F. The van der Waals surface area contributed by atoms with E-state index in [4.69, 9.17) is 18.9 Å². The predicted octanol–water partition coefficient (Wildman–Crippen LogP) is 6.02. The molecule has 0 saturated heterocycles. The predicted molar refractivity (Wildman–Crippen MR) is 98.0 cm³/mol. The second-order valence-electron chi connectivity index (χ2n) is 7.44. The Kier molecular flexibility index (Phi) is 12.2. The number of carbonyl (C=O) groups excluding carboxylic acids is 1. The molecule has 0 fully saturated rings. The molecule has 0 saturated carbocycles. The number of rotatable bonds is 17. The van der Waals surface area contributed by atoms with E-state index in [0.717, 1.165) is 0 Å². The summed E-state index contributed by atoms with van der Waals surface area (Å²) in [5, 5.41) is 0. The number of alkyl halides is 13. The van der Waals surface area contributed by atoms with Gasteiger partial charge in [-0.15, -0.1) is 0 Å². The molecular formula is C19H23F13O5. The van der Waals surface area contributed by atoms with E-state index in [1.807, 2.05) is 0 Å². The molecule has 0 bridgehead atoms. The molecule has 0 rings (SSSR count). The molecule has 0 amide bonds. The fraction of sp³-hybridized carbons (Fsp3) is 0.842. The number of esters is 1. The third kappa shape index (κ3) is 8.33. The fourth-order valence-corrected chi connectivity index (χ4v) is 2.24. The standard InChI is InChI=1S/C19H23F13O5/c1-11(2)13(33)37-10-8-34-7-9-36-12(3)35-6-4-5-14(20,21)15(22,23)16(24,25)17(26,27)18(28,29)19(30,31)32/h12H,1,4-10H2,2-3H3. The van der Waals surface area contributed by atoms with E-state index in [1.165, 1.54) is 13.8 Å². The van der Waals surface area contributed by atoms with Crippen molar-refractivity contribution in [2.24, 2.45) is 0 Å². The molecule has 0 radical (unpaired) electrons. The first-order valence-corrected chi connectivity index (χ1v) is 10.1. The summed E-state index contributed by atoms with van der Waals surface area (Å²) >= 11 is 0. The smallest absolute Gasteiger partial charge is 0.460 e. The van der Waals surface area contributed by atoms with E-state index in [2.05, 4.69) is 6.58 Å². The third-order valence-electron chi connectivity index (χ3n) is 4.38. The maximum atomic E-state index is 13.7. The summed E-state index contributed by atoms with van der Waals surface area (Å²) < 4.78 is 189. The minimum absolute atomic E-state index is 0.0422. The van der Waals surface area contributed by atoms with Gasteiger partial charge < -0.3 is 18.9 Å². The Morgan fingerprint density at radius 3 is 1.65 bits per heavy atom. The molecule has 1 unspecified atom stereocenters. The maximum Gasteiger partial charge on any atom is 0.460 e. The van der Waals surface area contributed by atoms with Gasteiger partial charge in [0.15, 0.2) is 6.29 Å². The molecule has 5 nitrogen and oxygen atoms in total. The summed E-state index contributed by atoms with van der Waals surface area (Å²) in [7, 11) is 0. The van der Waals surface area contributed by atoms with Crippen LogP contribution in [0.15, 0.2) is 12.2 Å². The fourth-order valence-electron chi connectivity index (χ4n) is 2.24. The molecule has 1 atom stereocenters. The van der Waals surface area contributed by atoms with Crippen molar-refractivity contribution in [3.63, 3.8) is 0 Å². The summed E-state index contributed by atoms with van der Waals surface area (Å²) in [6.45, 7) is 4.59. The lowest BCUT2D eigenvalue weighted by molar-refractivity contribution is -0.440. The van der Waals surface area contributed by atoms with Crippen LogP contribution in [-0.2, 0) is 23.7 Å². The molecular weight excluding hydrogens is 555 g/mol. The number of halogens is 13. The van der Waals surface area contributed by atoms with Crippen molar-refractivity contribution in [3.05, 3.63) is 12.2 Å². The maximum absolute atomic E-state index is 13.7. The van der Waals surface area contributed by atoms with Crippen LogP contribution < -0.4 is 0 Å². The molecule has 0 aliphatic rings. The third-order valence-corrected chi connectivity index (χ3v) is 4.38. The average Bonchev–Trinajstić information content (AvgIpc) is 2.74. The highest BCUT2D eigenvalue weighted by molar-refractivity contribution is 5.86. The van der Waals surface area contributed by atoms with Gasteiger partial charge in [-0.25, -0.2) is 4.79 Å². The number of hydrogen-bond donors (Lipinski definition) is 0. The molecule has 0 N–H and O–H groups in total. The summed E-state index contributed by atoms with van der Waals surface area (Å²) in [5.41, 5.74) is 0.158. The lowest BCUT2D eigenvalue weighted by Crippen LogP contribution is -2.70. The molecule has 0 aromatic rings. The van der Waals surface area contributed by atoms with E-state index >= 15 is 0 Å². The molecule has 0 aromatic heterocycles. The zero-order valence-corrected chi connectivity index (χ0v) is 19.2. The minimum atomic E-state index is -7.92. The Labute approximate surface area is 201 Å². The molecule has 0 aliphatic heterocycles. The first-order valence-electron chi connectivity index (χ1n) is 10.1. The monoisotopic (exact) mass is 578 g/mol. The normalized spacial score (nSPS) is 15.0. The highest BCUT2D eigenvalue weighted by Gasteiger charge is 2.90. The minimum Gasteiger partial charge on any atom is -0.460 e. The van der Waals surface area contributed by atoms with Crippen molar-refractivity contribution in [1.82, 2.24) is 0 Å². The second-order valence-corrected chi connectivity index (χ2v) is 7.44. The van der Waals surface area contributed by atoms with Crippen LogP contribution in [-0.4, -0.2) is 81.1 Å². The zero-order valence-electron chi connectivity index (χ0n) is 19.2. The molecule has 0 spiro atoms. The van der Waals surface area contributed by atoms with E-state index in [0.29, 0.717) is 0 Å². The van der Waals surface area contributed by atoms with Crippen LogP contribution in [0.2, 0.25) is 0 Å². The van der Waals surface area contributed by atoms with Gasteiger partial charge >= 0.3 is 41.8 Å². The van der Waals surface area contributed by atoms with Gasteiger partial charge in [-0.05, 0) is 20.3 Å². The Morgan fingerprint density at radius 2 is 1.16 bits per heavy atom. The van der Waals surface area contributed by atoms with Crippen LogP contribution in [0.1, 0.15) is 26.7 Å². The van der Waals surface area contributed by atoms with Crippen molar-refractivity contribution < 1.29 is 80.8 Å². The largest absolute Gasteiger partial charge is 0.460 e. The first kappa shape index (κ1) is 35.2. The van der Waals surface area contributed by atoms with Crippen molar-refractivity contribution in [2.75, 3.05) is 33.0 Å². The Bertz CT molecular complexity index is 753. The molecule has 0 aromatic carbocycles. The molecule has 220 valence electrons. The van der Waals surface area contributed by atoms with Gasteiger partial charge in [0.2, 0.25) is 0 Å². The van der Waals surface area contributed by atoms with Crippen molar-refractivity contribution in [2.45, 2.75) is 68.8 Å². The van der Waals surface area contributed by atoms with Crippen LogP contribution in [0.5, 0.6) is 0 Å². The molecule has 37 heavy (non-hydrogen) atoms. The number of ether oxygens (including phenoxy) is 4. The van der Waals surface area contributed by atoms with Crippen LogP contribution in [0.3, 0.4) is 0 Å². The Balaban J connectivity index is 4.71. The van der Waals surface area contributed by atoms with Crippen LogP contribution in [0.4, 0.5) is 57.1 Å². The average molecular weight is 578 g/mol. The zero-order chi connectivity index (χ0) is 29.5. The Hall–Kier alpha value is -1.82. The lowest BCUT2D eigenvalue weighted by atomic mass is 9.92. The van der Waals surface area contributed by atoms with E-state index in [9.17, 15) is 61.9 Å². The highest BCUT2D eigenvalue weighted by Crippen LogP contribution is 2.60. The van der Waals surface area contributed by atoms with Crippen molar-refractivity contribution >= 4 is 5.97 Å². The van der Waals surface area contributed by atoms with Gasteiger partial charge in [-0.2, -0.15) is 57.1 Å². The Morgan fingerprint density at radius 1 is 0.703 bits per heavy atom. The highest BCUT2D eigenvalue weighted by atomic mass is 19.4. The summed E-state index contributed by atoms with van der Waals surface area (Å²) in [4.78, 5) is 11.1. The van der Waals surface area contributed by atoms with Crippen LogP contribution in [0, 0.1) is 0 Å². The van der Waals surface area contributed by atoms with Gasteiger partial charge in [0.05, 0.1) is 19.8 Å². The molecule has 18 heteroatoms. The van der Waals surface area contributed by atoms with Gasteiger partial charge in [0.1, 0.15) is 6.61 Å². The van der Waals surface area contributed by atoms with Crippen LogP contribution >= 0.6 is 0 Å². The molecule has 0 heterocycles.